The van der Waals surface area contributed by atoms with Gasteiger partial charge >= 0.3 is 6.18 Å². The van der Waals surface area contributed by atoms with Crippen LogP contribution in [0.5, 0.6) is 11.6 Å². The number of alkyl halides is 3. The number of aryl methyl sites for hydroxylation is 1. The molecule has 0 atom stereocenters. The first-order valence-corrected chi connectivity index (χ1v) is 5.84. The van der Waals surface area contributed by atoms with E-state index in [0.717, 1.165) is 18.3 Å². The van der Waals surface area contributed by atoms with Gasteiger partial charge in [0.05, 0.1) is 10.5 Å². The predicted molar refractivity (Wildman–Crippen MR) is 67.1 cm³/mol. The molecule has 2 rings (SSSR count). The summed E-state index contributed by atoms with van der Waals surface area (Å²) in [7, 11) is 0. The number of pyridine rings is 1. The molecule has 0 unspecified atom stereocenters. The fourth-order valence-electron chi connectivity index (χ4n) is 1.65. The van der Waals surface area contributed by atoms with Crippen molar-refractivity contribution in [2.24, 2.45) is 0 Å². The second-order valence-corrected chi connectivity index (χ2v) is 4.31. The summed E-state index contributed by atoms with van der Waals surface area (Å²) >= 11 is 0. The van der Waals surface area contributed by atoms with Gasteiger partial charge in [-0.15, -0.1) is 0 Å². The van der Waals surface area contributed by atoms with Crippen LogP contribution in [0.15, 0.2) is 30.5 Å². The molecule has 116 valence electrons. The Balaban J connectivity index is 2.34. The van der Waals surface area contributed by atoms with E-state index in [9.17, 15) is 27.7 Å². The molecule has 0 saturated heterocycles. The van der Waals surface area contributed by atoms with Gasteiger partial charge in [-0.2, -0.15) is 13.2 Å². The minimum Gasteiger partial charge on any atom is -0.439 e. The quantitative estimate of drug-likeness (QED) is 0.482. The zero-order valence-electron chi connectivity index (χ0n) is 11.0. The third-order valence-corrected chi connectivity index (χ3v) is 2.68. The molecule has 2 aromatic rings. The number of rotatable bonds is 3. The van der Waals surface area contributed by atoms with Gasteiger partial charge in [-0.1, -0.05) is 0 Å². The molecule has 22 heavy (non-hydrogen) atoms. The van der Waals surface area contributed by atoms with Crippen LogP contribution in [0.2, 0.25) is 0 Å². The molecule has 9 heteroatoms. The smallest absolute Gasteiger partial charge is 0.419 e. The molecule has 0 aliphatic carbocycles. The van der Waals surface area contributed by atoms with Gasteiger partial charge in [0.1, 0.15) is 17.8 Å². The summed E-state index contributed by atoms with van der Waals surface area (Å²) in [6.07, 6.45) is -3.95. The van der Waals surface area contributed by atoms with Crippen LogP contribution >= 0.6 is 0 Å². The molecule has 1 aromatic carbocycles. The van der Waals surface area contributed by atoms with Crippen LogP contribution in [0.25, 0.3) is 0 Å². The predicted octanol–water partition coefficient (Wildman–Crippen LogP) is 4.25. The Morgan fingerprint density at radius 1 is 1.27 bits per heavy atom. The van der Waals surface area contributed by atoms with Crippen molar-refractivity contribution in [3.05, 3.63) is 57.5 Å². The van der Waals surface area contributed by atoms with E-state index < -0.39 is 22.5 Å². The highest BCUT2D eigenvalue weighted by atomic mass is 19.4. The maximum atomic E-state index is 13.2. The topological polar surface area (TPSA) is 65.3 Å². The maximum Gasteiger partial charge on any atom is 0.419 e. The number of halogens is 4. The van der Waals surface area contributed by atoms with Crippen molar-refractivity contribution < 1.29 is 27.2 Å². The second-order valence-electron chi connectivity index (χ2n) is 4.31. The van der Waals surface area contributed by atoms with Crippen molar-refractivity contribution in [1.29, 1.82) is 0 Å². The Morgan fingerprint density at radius 3 is 2.50 bits per heavy atom. The molecule has 5 nitrogen and oxygen atoms in total. The molecule has 1 heterocycles. The lowest BCUT2D eigenvalue weighted by atomic mass is 10.2. The second kappa shape index (κ2) is 5.58. The average molecular weight is 316 g/mol. The highest BCUT2D eigenvalue weighted by Crippen LogP contribution is 2.35. The highest BCUT2D eigenvalue weighted by Gasteiger charge is 2.34. The Bertz CT molecular complexity index is 732. The molecule has 0 bridgehead atoms. The van der Waals surface area contributed by atoms with E-state index >= 15 is 0 Å². The molecule has 0 amide bonds. The Labute approximate surface area is 121 Å². The first kappa shape index (κ1) is 15.7. The van der Waals surface area contributed by atoms with Crippen molar-refractivity contribution in [1.82, 2.24) is 4.98 Å². The van der Waals surface area contributed by atoms with Crippen LogP contribution in [-0.2, 0) is 6.18 Å². The molecule has 0 N–H and O–H groups in total. The molecule has 1 aromatic heterocycles. The molecule has 0 spiro atoms. The fraction of sp³-hybridized carbons (Fsp3) is 0.154. The number of nitro groups is 1. The maximum absolute atomic E-state index is 13.2. The van der Waals surface area contributed by atoms with Crippen molar-refractivity contribution in [2.45, 2.75) is 13.1 Å². The van der Waals surface area contributed by atoms with E-state index in [-0.39, 0.29) is 22.9 Å². The van der Waals surface area contributed by atoms with E-state index in [1.165, 1.54) is 6.92 Å². The Kier molecular flexibility index (Phi) is 3.98. The SMILES string of the molecule is Cc1cc([N+](=O)[O-])cnc1Oc1ccc(F)c(C(F)(F)F)c1. The average Bonchev–Trinajstić information content (AvgIpc) is 2.41. The summed E-state index contributed by atoms with van der Waals surface area (Å²) in [5.41, 5.74) is -1.49. The van der Waals surface area contributed by atoms with Crippen LogP contribution in [-0.4, -0.2) is 9.91 Å². The lowest BCUT2D eigenvalue weighted by Gasteiger charge is -2.11. The van der Waals surface area contributed by atoms with E-state index in [4.69, 9.17) is 4.74 Å². The summed E-state index contributed by atoms with van der Waals surface area (Å²) in [4.78, 5) is 13.6. The van der Waals surface area contributed by atoms with E-state index in [2.05, 4.69) is 4.98 Å². The number of hydrogen-bond acceptors (Lipinski definition) is 4. The number of ether oxygens (including phenoxy) is 1. The first-order valence-electron chi connectivity index (χ1n) is 5.84. The van der Waals surface area contributed by atoms with Crippen LogP contribution in [0.3, 0.4) is 0 Å². The minimum absolute atomic E-state index is 0.106. The number of nitrogens with zero attached hydrogens (tertiary/aromatic N) is 2. The van der Waals surface area contributed by atoms with Crippen molar-refractivity contribution in [2.75, 3.05) is 0 Å². The number of hydrogen-bond donors (Lipinski definition) is 0. The largest absolute Gasteiger partial charge is 0.439 e. The van der Waals surface area contributed by atoms with Crippen LogP contribution in [0.1, 0.15) is 11.1 Å². The fourth-order valence-corrected chi connectivity index (χ4v) is 1.65. The Morgan fingerprint density at radius 2 is 1.95 bits per heavy atom. The van der Waals surface area contributed by atoms with Gasteiger partial charge in [0.2, 0.25) is 5.88 Å². The van der Waals surface area contributed by atoms with Gasteiger partial charge in [-0.05, 0) is 25.1 Å². The number of aromatic nitrogens is 1. The lowest BCUT2D eigenvalue weighted by molar-refractivity contribution is -0.385. The summed E-state index contributed by atoms with van der Waals surface area (Å²) in [6.45, 7) is 1.45. The molecule has 0 saturated carbocycles. The van der Waals surface area contributed by atoms with Crippen LogP contribution in [0, 0.1) is 22.9 Å². The van der Waals surface area contributed by atoms with Crippen LogP contribution < -0.4 is 4.74 Å². The highest BCUT2D eigenvalue weighted by molar-refractivity contribution is 5.40. The Hall–Kier alpha value is -2.71. The molecule has 0 aliphatic heterocycles. The standard InChI is InChI=1S/C13H8F4N2O3/c1-7-4-8(19(20)21)6-18-12(7)22-9-2-3-11(14)10(5-9)13(15,16)17/h2-6H,1H3. The minimum atomic E-state index is -4.86. The third kappa shape index (κ3) is 3.30. The normalized spacial score (nSPS) is 11.3. The molecule has 0 radical (unpaired) electrons. The first-order chi connectivity index (χ1) is 10.2. The molecule has 0 aliphatic rings. The van der Waals surface area contributed by atoms with Gasteiger partial charge in [0, 0.05) is 11.6 Å². The summed E-state index contributed by atoms with van der Waals surface area (Å²) in [6, 6.07) is 3.29. The molecular formula is C13H8F4N2O3. The van der Waals surface area contributed by atoms with E-state index in [1.807, 2.05) is 0 Å². The summed E-state index contributed by atoms with van der Waals surface area (Å²) < 4.78 is 56.1. The van der Waals surface area contributed by atoms with E-state index in [1.54, 1.807) is 0 Å². The van der Waals surface area contributed by atoms with Crippen molar-refractivity contribution >= 4 is 5.69 Å². The van der Waals surface area contributed by atoms with Crippen LogP contribution in [0.4, 0.5) is 23.2 Å². The van der Waals surface area contributed by atoms with Gasteiger partial charge in [0.25, 0.3) is 5.69 Å². The number of benzene rings is 1. The van der Waals surface area contributed by atoms with Crippen molar-refractivity contribution in [3.8, 4) is 11.6 Å². The lowest BCUT2D eigenvalue weighted by Crippen LogP contribution is -2.08. The van der Waals surface area contributed by atoms with Gasteiger partial charge < -0.3 is 4.74 Å². The van der Waals surface area contributed by atoms with Gasteiger partial charge in [0.15, 0.2) is 0 Å². The third-order valence-electron chi connectivity index (χ3n) is 2.68. The molecular weight excluding hydrogens is 308 g/mol. The zero-order chi connectivity index (χ0) is 16.5. The monoisotopic (exact) mass is 316 g/mol. The van der Waals surface area contributed by atoms with Gasteiger partial charge in [-0.25, -0.2) is 9.37 Å². The van der Waals surface area contributed by atoms with Gasteiger partial charge in [-0.3, -0.25) is 10.1 Å². The molecule has 0 fully saturated rings. The zero-order valence-corrected chi connectivity index (χ0v) is 11.0. The summed E-state index contributed by atoms with van der Waals surface area (Å²) in [5, 5.41) is 10.6. The summed E-state index contributed by atoms with van der Waals surface area (Å²) in [5.74, 6) is -1.81. The van der Waals surface area contributed by atoms with Crippen molar-refractivity contribution in [3.63, 3.8) is 0 Å². The van der Waals surface area contributed by atoms with E-state index in [0.29, 0.717) is 12.1 Å².